The number of hydrogen-bond acceptors (Lipinski definition) is 7. The van der Waals surface area contributed by atoms with Gasteiger partial charge in [0, 0.05) is 24.7 Å². The van der Waals surface area contributed by atoms with Crippen LogP contribution in [0.4, 0.5) is 10.2 Å². The number of carboxylic acid groups (broad SMARTS) is 1. The number of halogens is 1. The van der Waals surface area contributed by atoms with E-state index in [1.165, 1.54) is 13.3 Å². The molecular formula is C21H24FN5O4. The molecule has 3 atom stereocenters. The van der Waals surface area contributed by atoms with Crippen LogP contribution in [-0.2, 0) is 4.84 Å². The van der Waals surface area contributed by atoms with Gasteiger partial charge in [0.25, 0.3) is 0 Å². The summed E-state index contributed by atoms with van der Waals surface area (Å²) >= 11 is 0. The van der Waals surface area contributed by atoms with E-state index in [0.29, 0.717) is 37.1 Å². The summed E-state index contributed by atoms with van der Waals surface area (Å²) in [6.45, 7) is 1.53. The number of carboxylic acids is 1. The van der Waals surface area contributed by atoms with Gasteiger partial charge >= 0.3 is 5.97 Å². The van der Waals surface area contributed by atoms with Crippen LogP contribution >= 0.6 is 0 Å². The van der Waals surface area contributed by atoms with E-state index in [-0.39, 0.29) is 28.7 Å². The average molecular weight is 429 g/mol. The first-order valence-electron chi connectivity index (χ1n) is 10.5. The molecule has 3 heterocycles. The minimum absolute atomic E-state index is 0.0139. The van der Waals surface area contributed by atoms with Crippen molar-refractivity contribution in [2.45, 2.75) is 25.3 Å². The van der Waals surface area contributed by atoms with Crippen LogP contribution in [0.25, 0.3) is 11.0 Å². The highest BCUT2D eigenvalue weighted by Crippen LogP contribution is 2.46. The molecule has 3 N–H and O–H groups in total. The second-order valence-electron chi connectivity index (χ2n) is 8.63. The van der Waals surface area contributed by atoms with Crippen molar-refractivity contribution in [2.75, 3.05) is 31.6 Å². The van der Waals surface area contributed by atoms with Gasteiger partial charge in [-0.15, -0.1) is 0 Å². The van der Waals surface area contributed by atoms with Crippen LogP contribution in [0.15, 0.2) is 22.2 Å². The summed E-state index contributed by atoms with van der Waals surface area (Å²) in [5, 5.41) is 13.5. The van der Waals surface area contributed by atoms with Crippen molar-refractivity contribution in [1.82, 2.24) is 9.55 Å². The van der Waals surface area contributed by atoms with E-state index in [2.05, 4.69) is 10.1 Å². The van der Waals surface area contributed by atoms with Gasteiger partial charge in [0.15, 0.2) is 11.6 Å². The predicted octanol–water partition coefficient (Wildman–Crippen LogP) is 1.60. The summed E-state index contributed by atoms with van der Waals surface area (Å²) in [7, 11) is 1.49. The van der Waals surface area contributed by atoms with Crippen molar-refractivity contribution in [1.29, 1.82) is 0 Å². The molecular weight excluding hydrogens is 405 g/mol. The van der Waals surface area contributed by atoms with Crippen LogP contribution in [-0.4, -0.2) is 53.1 Å². The van der Waals surface area contributed by atoms with Crippen LogP contribution in [0.2, 0.25) is 0 Å². The van der Waals surface area contributed by atoms with Crippen LogP contribution in [0.3, 0.4) is 0 Å². The summed E-state index contributed by atoms with van der Waals surface area (Å²) in [6.07, 6.45) is 4.08. The summed E-state index contributed by atoms with van der Waals surface area (Å²) in [5.74, 6) is -0.886. The van der Waals surface area contributed by atoms with Crippen LogP contribution < -0.4 is 16.1 Å². The third-order valence-electron chi connectivity index (χ3n) is 6.61. The number of pyridine rings is 2. The number of rotatable bonds is 6. The molecule has 9 nitrogen and oxygen atoms in total. The van der Waals surface area contributed by atoms with Gasteiger partial charge in [-0.25, -0.2) is 14.2 Å². The fourth-order valence-corrected chi connectivity index (χ4v) is 4.76. The summed E-state index contributed by atoms with van der Waals surface area (Å²) in [6, 6.07) is 1.19. The second-order valence-corrected chi connectivity index (χ2v) is 8.63. The quantitative estimate of drug-likeness (QED) is 0.669. The summed E-state index contributed by atoms with van der Waals surface area (Å²) in [4.78, 5) is 35.5. The van der Waals surface area contributed by atoms with E-state index < -0.39 is 17.2 Å². The molecule has 0 spiro atoms. The van der Waals surface area contributed by atoms with E-state index in [4.69, 9.17) is 10.6 Å². The predicted molar refractivity (Wildman–Crippen MR) is 112 cm³/mol. The Balaban J connectivity index is 1.58. The molecule has 2 saturated carbocycles. The lowest BCUT2D eigenvalue weighted by atomic mass is 9.99. The highest BCUT2D eigenvalue weighted by atomic mass is 19.1. The van der Waals surface area contributed by atoms with Gasteiger partial charge in [-0.3, -0.25) is 4.79 Å². The molecule has 1 aliphatic heterocycles. The fourth-order valence-electron chi connectivity index (χ4n) is 4.76. The number of anilines is 1. The number of oxime groups is 1. The van der Waals surface area contributed by atoms with E-state index in [9.17, 15) is 14.7 Å². The number of nitrogens with zero attached hydrogens (tertiary/aromatic N) is 4. The van der Waals surface area contributed by atoms with Crippen molar-refractivity contribution in [2.24, 2.45) is 28.6 Å². The third-order valence-corrected chi connectivity index (χ3v) is 6.61. The van der Waals surface area contributed by atoms with Crippen molar-refractivity contribution in [3.05, 3.63) is 33.9 Å². The summed E-state index contributed by atoms with van der Waals surface area (Å²) < 4.78 is 16.8. The molecule has 2 aromatic heterocycles. The lowest BCUT2D eigenvalue weighted by Gasteiger charge is -2.19. The second kappa shape index (κ2) is 7.30. The maximum absolute atomic E-state index is 15.1. The minimum atomic E-state index is -1.33. The van der Waals surface area contributed by atoms with Crippen LogP contribution in [0.1, 0.15) is 35.7 Å². The number of aromatic nitrogens is 2. The number of carbonyl (C=O) groups is 1. The first kappa shape index (κ1) is 19.9. The van der Waals surface area contributed by atoms with Gasteiger partial charge < -0.3 is 25.1 Å². The molecule has 1 saturated heterocycles. The Morgan fingerprint density at radius 3 is 2.84 bits per heavy atom. The van der Waals surface area contributed by atoms with Crippen LogP contribution in [0.5, 0.6) is 0 Å². The molecule has 2 aromatic rings. The zero-order valence-corrected chi connectivity index (χ0v) is 17.1. The maximum Gasteiger partial charge on any atom is 0.341 e. The highest BCUT2D eigenvalue weighted by molar-refractivity contribution is 5.95. The van der Waals surface area contributed by atoms with Gasteiger partial charge in [-0.1, -0.05) is 5.16 Å². The molecule has 2 aliphatic carbocycles. The van der Waals surface area contributed by atoms with E-state index in [0.717, 1.165) is 31.0 Å². The Morgan fingerprint density at radius 1 is 1.45 bits per heavy atom. The van der Waals surface area contributed by atoms with Crippen molar-refractivity contribution < 1.29 is 19.1 Å². The molecule has 3 fully saturated rings. The number of hydrogen-bond donors (Lipinski definition) is 2. The van der Waals surface area contributed by atoms with E-state index in [1.807, 2.05) is 4.90 Å². The normalized spacial score (nSPS) is 26.6. The monoisotopic (exact) mass is 429 g/mol. The molecule has 0 aromatic carbocycles. The van der Waals surface area contributed by atoms with Crippen molar-refractivity contribution >= 4 is 28.5 Å². The lowest BCUT2D eigenvalue weighted by molar-refractivity contribution is 0.0695. The molecule has 164 valence electrons. The Morgan fingerprint density at radius 2 is 2.23 bits per heavy atom. The Hall–Kier alpha value is -3.01. The summed E-state index contributed by atoms with van der Waals surface area (Å²) in [5.41, 5.74) is 5.87. The van der Waals surface area contributed by atoms with E-state index >= 15 is 4.39 Å². The smallest absolute Gasteiger partial charge is 0.341 e. The molecule has 0 bridgehead atoms. The zero-order chi connectivity index (χ0) is 21.9. The number of aromatic carboxylic acids is 1. The minimum Gasteiger partial charge on any atom is -0.477 e. The SMILES string of the molecule is CO/N=C1\CN(c2nc3c(cc2F)c(=O)c(C(=O)O)cn3C2CC2)CC1C1CC1CN. The zero-order valence-electron chi connectivity index (χ0n) is 17.1. The maximum atomic E-state index is 15.1. The van der Waals surface area contributed by atoms with Crippen molar-refractivity contribution in [3.63, 3.8) is 0 Å². The fraction of sp³-hybridized carbons (Fsp3) is 0.524. The van der Waals surface area contributed by atoms with Gasteiger partial charge in [0.05, 0.1) is 17.6 Å². The molecule has 5 rings (SSSR count). The third kappa shape index (κ3) is 3.34. The standard InChI is InChI=1S/C21H24FN5O4/c1-31-25-17-9-26(7-14(17)12-4-10(12)6-23)20-16(22)5-13-18(28)15(21(29)30)8-27(11-2-3-11)19(13)24-20/h5,8,10-12,14H,2-4,6-7,9,23H2,1H3,(H,29,30)/b25-17+. The largest absolute Gasteiger partial charge is 0.477 e. The molecule has 31 heavy (non-hydrogen) atoms. The average Bonchev–Trinajstić information content (AvgIpc) is 3.66. The molecule has 0 radical (unpaired) electrons. The van der Waals surface area contributed by atoms with Gasteiger partial charge in [0.2, 0.25) is 5.43 Å². The Labute approximate surface area is 177 Å². The van der Waals surface area contributed by atoms with Crippen LogP contribution in [0, 0.1) is 23.6 Å². The Kier molecular flexibility index (Phi) is 4.69. The molecule has 0 amide bonds. The number of nitrogens with two attached hydrogens (primary N) is 1. The van der Waals surface area contributed by atoms with Gasteiger partial charge in [-0.2, -0.15) is 0 Å². The van der Waals surface area contributed by atoms with Gasteiger partial charge in [-0.05, 0) is 43.7 Å². The van der Waals surface area contributed by atoms with Crippen molar-refractivity contribution in [3.8, 4) is 0 Å². The first-order valence-corrected chi connectivity index (χ1v) is 10.5. The van der Waals surface area contributed by atoms with Gasteiger partial charge in [0.1, 0.15) is 18.3 Å². The molecule has 10 heteroatoms. The molecule has 3 aliphatic rings. The van der Waals surface area contributed by atoms with E-state index in [1.54, 1.807) is 4.57 Å². The highest BCUT2D eigenvalue weighted by Gasteiger charge is 2.48. The molecule has 3 unspecified atom stereocenters. The first-order chi connectivity index (χ1) is 14.9. The Bertz CT molecular complexity index is 1160. The lowest BCUT2D eigenvalue weighted by Crippen LogP contribution is -2.25. The number of fused-ring (bicyclic) bond motifs is 1. The topological polar surface area (TPSA) is 123 Å².